The fraction of sp³-hybridized carbons (Fsp3) is 0.0231. The molecule has 7 aromatic heterocycles. The number of aromatic nitrogens is 9. The molecule has 0 radical (unpaired) electrons. The van der Waals surface area contributed by atoms with Gasteiger partial charge in [-0.1, -0.05) is 347 Å². The molecular weight excluding hydrogens is 1720 g/mol. The highest BCUT2D eigenvalue weighted by molar-refractivity contribution is 7.25. The van der Waals surface area contributed by atoms with Crippen LogP contribution in [-0.4, -0.2) is 43.2 Å². The van der Waals surface area contributed by atoms with Crippen LogP contribution >= 0.6 is 11.3 Å². The zero-order valence-electron chi connectivity index (χ0n) is 76.5. The van der Waals surface area contributed by atoms with Crippen LogP contribution in [0.1, 0.15) is 25.0 Å². The summed E-state index contributed by atoms with van der Waals surface area (Å²) in [5.74, 6) is 2.59. The predicted octanol–water partition coefficient (Wildman–Crippen LogP) is 34.2. The third-order valence-electron chi connectivity index (χ3n) is 28.6. The molecule has 0 atom stereocenters. The number of hydrogen-bond donors (Lipinski definition) is 0. The molecule has 0 bridgehead atoms. The second kappa shape index (κ2) is 33.2. The smallest absolute Gasteiger partial charge is 0.235 e. The lowest BCUT2D eigenvalue weighted by molar-refractivity contribution is 0.660. The van der Waals surface area contributed by atoms with Crippen molar-refractivity contribution in [2.75, 3.05) is 0 Å². The van der Waals surface area contributed by atoms with Crippen molar-refractivity contribution in [2.45, 2.75) is 19.3 Å². The van der Waals surface area contributed by atoms with Crippen molar-refractivity contribution in [3.8, 4) is 113 Å². The second-order valence-electron chi connectivity index (χ2n) is 36.9. The first-order valence-corrected chi connectivity index (χ1v) is 48.5. The second-order valence-corrected chi connectivity index (χ2v) is 38.0. The van der Waals surface area contributed by atoms with E-state index in [0.717, 1.165) is 67.0 Å². The molecule has 0 saturated heterocycles. The molecule has 0 fully saturated rings. The first kappa shape index (κ1) is 81.5. The highest BCUT2D eigenvalue weighted by atomic mass is 32.1. The highest BCUT2D eigenvalue weighted by Gasteiger charge is 2.36. The third kappa shape index (κ3) is 13.6. The Bertz CT molecular complexity index is 9690. The molecule has 0 unspecified atom stereocenters. The number of rotatable bonds is 11. The largest absolute Gasteiger partial charge is 0.309 e. The predicted molar refractivity (Wildman–Crippen MR) is 587 cm³/mol. The Kier molecular flexibility index (Phi) is 19.3. The molecule has 29 rings (SSSR count). The average molecular weight is 1810 g/mol. The molecule has 0 amide bonds. The van der Waals surface area contributed by atoms with Crippen molar-refractivity contribution in [3.63, 3.8) is 0 Å². The molecule has 21 aromatic carbocycles. The first-order valence-electron chi connectivity index (χ1n) is 47.7. The van der Waals surface area contributed by atoms with Crippen molar-refractivity contribution in [1.29, 1.82) is 0 Å². The van der Waals surface area contributed by atoms with E-state index in [1.807, 2.05) is 84.3 Å². The van der Waals surface area contributed by atoms with Gasteiger partial charge in [0.15, 0.2) is 17.5 Å². The SMILES string of the molecule is CC1(C)c2ccccc2-c2ccc(-c3ccc4sc5ccc(-n6c7ccccc7c7ccccc76)cc5c4c3)cc21.c1cc(-c2ccc3c4ccccc4c4ccccc4c3c2)cc(-c2ccnc(-n3c4ccccc4c4ccccc43)n2)c1.c1ccc(-c2nc(-c3ccccc3)nc(-c3cccc(-n4c5ccccc5c5cc(-c6ccc7c(c6)c6ccccc6n7-c6ccccc6)ccc54)c3)n2)cc1. The summed E-state index contributed by atoms with van der Waals surface area (Å²) in [5, 5.41) is 20.2. The molecule has 0 saturated carbocycles. The topological polar surface area (TPSA) is 84.2 Å². The van der Waals surface area contributed by atoms with Gasteiger partial charge < -0.3 is 13.7 Å². The molecule has 10 heteroatoms. The number of hydrogen-bond acceptors (Lipinski definition) is 6. The Morgan fingerprint density at radius 2 is 0.536 bits per heavy atom. The molecule has 1 aliphatic rings. The van der Waals surface area contributed by atoms with Crippen molar-refractivity contribution in [3.05, 3.63) is 491 Å². The van der Waals surface area contributed by atoms with E-state index in [9.17, 15) is 0 Å². The van der Waals surface area contributed by atoms with Gasteiger partial charge in [0.05, 0.1) is 49.8 Å². The Balaban J connectivity index is 0.000000107. The monoisotopic (exact) mass is 1800 g/mol. The lowest BCUT2D eigenvalue weighted by Crippen LogP contribution is -2.14. The Morgan fingerprint density at radius 1 is 0.193 bits per heavy atom. The lowest BCUT2D eigenvalue weighted by Gasteiger charge is -2.22. The molecule has 28 aromatic rings. The zero-order valence-corrected chi connectivity index (χ0v) is 77.4. The summed E-state index contributed by atoms with van der Waals surface area (Å²) in [5.41, 5.74) is 30.4. The van der Waals surface area contributed by atoms with Gasteiger partial charge in [0.1, 0.15) is 0 Å². The van der Waals surface area contributed by atoms with Crippen molar-refractivity contribution < 1.29 is 0 Å². The number of benzene rings is 21. The molecule has 656 valence electrons. The quantitative estimate of drug-likeness (QED) is 0.121. The van der Waals surface area contributed by atoms with Gasteiger partial charge in [0.2, 0.25) is 5.95 Å². The number of fused-ring (bicyclic) bond motifs is 24. The van der Waals surface area contributed by atoms with Crippen LogP contribution in [0.2, 0.25) is 0 Å². The van der Waals surface area contributed by atoms with E-state index in [2.05, 4.69) is 439 Å². The van der Waals surface area contributed by atoms with Crippen molar-refractivity contribution in [2.24, 2.45) is 0 Å². The molecule has 0 spiro atoms. The maximum absolute atomic E-state index is 5.10. The van der Waals surface area contributed by atoms with Crippen LogP contribution in [0, 0.1) is 0 Å². The summed E-state index contributed by atoms with van der Waals surface area (Å²) in [4.78, 5) is 24.8. The van der Waals surface area contributed by atoms with E-state index < -0.39 is 0 Å². The molecule has 0 N–H and O–H groups in total. The number of thiophene rings is 1. The summed E-state index contributed by atoms with van der Waals surface area (Å²) in [7, 11) is 0. The standard InChI is InChI=1S/C51H33N5.C40H25N3.C39H27NS/c1-4-15-34(16-5-1)49-52-50(35-17-6-2-7-18-35)54-51(53-49)38-19-14-22-40(31-38)56-46-26-13-11-24-42(46)44-33-37(28-30-48(44)56)36-27-29-47-43(32-36)41-23-10-12-25-45(41)55(47)39-20-8-3-9-21-39;1-2-14-31-29(12-1)30-13-3-4-15-32(30)36-25-27(20-21-33(31)36)26-10-9-11-28(24-26)37-22-23-41-40(42-37)43-38-18-7-5-16-34(38)35-17-6-8-19-39(35)43;1-39(2)33-12-6-3-9-27(33)28-18-15-25(22-34(28)39)24-16-19-37-31(21-24)32-23-26(17-20-38(32)41-37)40-35-13-7-4-10-29(35)30-11-5-8-14-36(30)40/h1-33H;1-25H;3-23H,1-2H3. The summed E-state index contributed by atoms with van der Waals surface area (Å²) in [6.07, 6.45) is 1.86. The fourth-order valence-electron chi connectivity index (χ4n) is 22.0. The van der Waals surface area contributed by atoms with Gasteiger partial charge in [-0.15, -0.1) is 11.3 Å². The molecule has 9 nitrogen and oxygen atoms in total. The molecule has 1 aliphatic carbocycles. The number of para-hydroxylation sites is 7. The Hall–Kier alpha value is -18.1. The van der Waals surface area contributed by atoms with Crippen LogP contribution in [-0.2, 0) is 5.41 Å². The first-order chi connectivity index (χ1) is 69.2. The van der Waals surface area contributed by atoms with E-state index in [1.54, 1.807) is 0 Å². The summed E-state index contributed by atoms with van der Waals surface area (Å²) in [6, 6.07) is 170. The maximum atomic E-state index is 5.10. The summed E-state index contributed by atoms with van der Waals surface area (Å²) < 4.78 is 12.0. The van der Waals surface area contributed by atoms with Crippen LogP contribution in [0.15, 0.2) is 479 Å². The molecule has 7 heterocycles. The van der Waals surface area contributed by atoms with Crippen LogP contribution in [0.4, 0.5) is 0 Å². The highest BCUT2D eigenvalue weighted by Crippen LogP contribution is 2.51. The molecular formula is C130H85N9S. The minimum Gasteiger partial charge on any atom is -0.309 e. The van der Waals surface area contributed by atoms with Crippen molar-refractivity contribution >= 4 is 151 Å². The van der Waals surface area contributed by atoms with Gasteiger partial charge in [0.25, 0.3) is 0 Å². The van der Waals surface area contributed by atoms with Crippen LogP contribution < -0.4 is 0 Å². The van der Waals surface area contributed by atoms with Crippen LogP contribution in [0.5, 0.6) is 0 Å². The van der Waals surface area contributed by atoms with Gasteiger partial charge in [-0.05, 0) is 227 Å². The van der Waals surface area contributed by atoms with E-state index in [1.165, 1.54) is 173 Å². The van der Waals surface area contributed by atoms with E-state index in [4.69, 9.17) is 24.9 Å². The van der Waals surface area contributed by atoms with E-state index in [-0.39, 0.29) is 5.41 Å². The molecule has 0 aliphatic heterocycles. The van der Waals surface area contributed by atoms with Crippen LogP contribution in [0.25, 0.3) is 253 Å². The Morgan fingerprint density at radius 3 is 1.09 bits per heavy atom. The van der Waals surface area contributed by atoms with E-state index >= 15 is 0 Å². The van der Waals surface area contributed by atoms with E-state index in [0.29, 0.717) is 23.4 Å². The average Bonchev–Trinajstić information content (AvgIpc) is 1.55. The summed E-state index contributed by atoms with van der Waals surface area (Å²) in [6.45, 7) is 4.71. The molecule has 140 heavy (non-hydrogen) atoms. The van der Waals surface area contributed by atoms with Gasteiger partial charge in [-0.3, -0.25) is 4.57 Å². The van der Waals surface area contributed by atoms with Crippen LogP contribution in [0.3, 0.4) is 0 Å². The fourth-order valence-corrected chi connectivity index (χ4v) is 23.1. The maximum Gasteiger partial charge on any atom is 0.235 e. The normalized spacial score (nSPS) is 12.3. The zero-order chi connectivity index (χ0) is 92.6. The minimum absolute atomic E-state index is 0.00166. The minimum atomic E-state index is -0.00166. The third-order valence-corrected chi connectivity index (χ3v) is 29.8. The summed E-state index contributed by atoms with van der Waals surface area (Å²) >= 11 is 1.88. The number of nitrogens with zero attached hydrogens (tertiary/aromatic N) is 9. The van der Waals surface area contributed by atoms with Gasteiger partial charge in [-0.25, -0.2) is 24.9 Å². The Labute approximate surface area is 811 Å². The van der Waals surface area contributed by atoms with Gasteiger partial charge in [0, 0.05) is 114 Å². The van der Waals surface area contributed by atoms with Crippen molar-refractivity contribution in [1.82, 2.24) is 43.2 Å². The van der Waals surface area contributed by atoms with Gasteiger partial charge >= 0.3 is 0 Å². The van der Waals surface area contributed by atoms with Gasteiger partial charge in [-0.2, -0.15) is 0 Å². The lowest BCUT2D eigenvalue weighted by atomic mass is 9.81.